The SMILES string of the molecule is O=C(NC1CCCCN1)c1ccccc1-c1ccc(OC(F)(F)F)cc1. The first kappa shape index (κ1) is 18.3. The molecule has 4 nitrogen and oxygen atoms in total. The maximum Gasteiger partial charge on any atom is 0.573 e. The topological polar surface area (TPSA) is 50.4 Å². The van der Waals surface area contributed by atoms with Crippen molar-refractivity contribution < 1.29 is 22.7 Å². The van der Waals surface area contributed by atoms with Gasteiger partial charge in [0.15, 0.2) is 0 Å². The molecule has 2 aromatic rings. The standard InChI is InChI=1S/C19H19F3N2O2/c20-19(21,22)26-14-10-8-13(9-11-14)15-5-1-2-6-16(15)18(25)24-17-7-3-4-12-23-17/h1-2,5-6,8-11,17,23H,3-4,7,12H2,(H,24,25). The van der Waals surface area contributed by atoms with Gasteiger partial charge in [-0.15, -0.1) is 13.2 Å². The van der Waals surface area contributed by atoms with Gasteiger partial charge in [-0.2, -0.15) is 0 Å². The predicted molar refractivity (Wildman–Crippen MR) is 91.7 cm³/mol. The van der Waals surface area contributed by atoms with Gasteiger partial charge in [0.2, 0.25) is 0 Å². The largest absolute Gasteiger partial charge is 0.573 e. The molecular formula is C19H19F3N2O2. The molecule has 3 rings (SSSR count). The summed E-state index contributed by atoms with van der Waals surface area (Å²) in [4.78, 5) is 12.6. The third kappa shape index (κ3) is 4.76. The third-order valence-corrected chi connectivity index (χ3v) is 4.19. The molecule has 7 heteroatoms. The number of amides is 1. The normalized spacial score (nSPS) is 17.6. The second kappa shape index (κ2) is 7.78. The number of rotatable bonds is 4. The lowest BCUT2D eigenvalue weighted by atomic mass is 9.99. The van der Waals surface area contributed by atoms with E-state index in [4.69, 9.17) is 0 Å². The minimum Gasteiger partial charge on any atom is -0.406 e. The predicted octanol–water partition coefficient (Wildman–Crippen LogP) is 4.08. The Morgan fingerprint density at radius 3 is 2.46 bits per heavy atom. The second-order valence-electron chi connectivity index (χ2n) is 6.09. The summed E-state index contributed by atoms with van der Waals surface area (Å²) in [5.74, 6) is -0.509. The van der Waals surface area contributed by atoms with E-state index in [9.17, 15) is 18.0 Å². The Morgan fingerprint density at radius 2 is 1.81 bits per heavy atom. The van der Waals surface area contributed by atoms with E-state index < -0.39 is 6.36 Å². The lowest BCUT2D eigenvalue weighted by molar-refractivity contribution is -0.274. The summed E-state index contributed by atoms with van der Waals surface area (Å²) in [5, 5.41) is 6.22. The van der Waals surface area contributed by atoms with Crippen molar-refractivity contribution in [1.29, 1.82) is 0 Å². The minimum absolute atomic E-state index is 0.0631. The van der Waals surface area contributed by atoms with Crippen molar-refractivity contribution in [3.8, 4) is 16.9 Å². The van der Waals surface area contributed by atoms with Crippen molar-refractivity contribution >= 4 is 5.91 Å². The first-order valence-electron chi connectivity index (χ1n) is 8.42. The van der Waals surface area contributed by atoms with Gasteiger partial charge in [-0.3, -0.25) is 10.1 Å². The van der Waals surface area contributed by atoms with Crippen LogP contribution in [0.25, 0.3) is 11.1 Å². The van der Waals surface area contributed by atoms with Crippen molar-refractivity contribution in [2.24, 2.45) is 0 Å². The van der Waals surface area contributed by atoms with Crippen molar-refractivity contribution in [2.45, 2.75) is 31.8 Å². The highest BCUT2D eigenvalue weighted by Gasteiger charge is 2.31. The fraction of sp³-hybridized carbons (Fsp3) is 0.316. The molecule has 1 fully saturated rings. The number of nitrogens with one attached hydrogen (secondary N) is 2. The Balaban J connectivity index is 1.79. The molecule has 1 unspecified atom stereocenters. The van der Waals surface area contributed by atoms with Gasteiger partial charge in [-0.25, -0.2) is 0 Å². The average Bonchev–Trinajstić information content (AvgIpc) is 2.62. The van der Waals surface area contributed by atoms with E-state index in [0.717, 1.165) is 25.8 Å². The fourth-order valence-corrected chi connectivity index (χ4v) is 2.98. The van der Waals surface area contributed by atoms with Crippen LogP contribution in [0.4, 0.5) is 13.2 Å². The highest BCUT2D eigenvalue weighted by molar-refractivity contribution is 6.01. The summed E-state index contributed by atoms with van der Waals surface area (Å²) < 4.78 is 40.7. The van der Waals surface area contributed by atoms with Gasteiger partial charge < -0.3 is 10.1 Å². The zero-order chi connectivity index (χ0) is 18.6. The van der Waals surface area contributed by atoms with Gasteiger partial charge in [0, 0.05) is 5.56 Å². The number of benzene rings is 2. The summed E-state index contributed by atoms with van der Waals surface area (Å²) in [6, 6.07) is 12.5. The molecule has 0 radical (unpaired) electrons. The third-order valence-electron chi connectivity index (χ3n) is 4.19. The molecular weight excluding hydrogens is 345 g/mol. The van der Waals surface area contributed by atoms with Gasteiger partial charge >= 0.3 is 6.36 Å². The number of piperidine rings is 1. The van der Waals surface area contributed by atoms with Crippen LogP contribution in [0.15, 0.2) is 48.5 Å². The maximum atomic E-state index is 12.6. The monoisotopic (exact) mass is 364 g/mol. The van der Waals surface area contributed by atoms with Gasteiger partial charge in [0.1, 0.15) is 5.75 Å². The van der Waals surface area contributed by atoms with Crippen LogP contribution in [-0.4, -0.2) is 25.0 Å². The molecule has 2 N–H and O–H groups in total. The molecule has 0 spiro atoms. The smallest absolute Gasteiger partial charge is 0.406 e. The van der Waals surface area contributed by atoms with Gasteiger partial charge in [-0.05, 0) is 55.1 Å². The van der Waals surface area contributed by atoms with Crippen LogP contribution in [0.2, 0.25) is 0 Å². The molecule has 0 saturated carbocycles. The number of halogens is 3. The second-order valence-corrected chi connectivity index (χ2v) is 6.09. The van der Waals surface area contributed by atoms with E-state index >= 15 is 0 Å². The number of alkyl halides is 3. The van der Waals surface area contributed by atoms with Crippen molar-refractivity contribution in [1.82, 2.24) is 10.6 Å². The Morgan fingerprint density at radius 1 is 1.08 bits per heavy atom. The molecule has 1 atom stereocenters. The van der Waals surface area contributed by atoms with Crippen molar-refractivity contribution in [3.63, 3.8) is 0 Å². The molecule has 2 aromatic carbocycles. The Labute approximate surface area is 149 Å². The van der Waals surface area contributed by atoms with E-state index in [-0.39, 0.29) is 17.8 Å². The van der Waals surface area contributed by atoms with Crippen LogP contribution >= 0.6 is 0 Å². The number of hydrogen-bond donors (Lipinski definition) is 2. The highest BCUT2D eigenvalue weighted by atomic mass is 19.4. The number of ether oxygens (including phenoxy) is 1. The van der Waals surface area contributed by atoms with Crippen LogP contribution in [0.3, 0.4) is 0 Å². The average molecular weight is 364 g/mol. The quantitative estimate of drug-likeness (QED) is 0.859. The van der Waals surface area contributed by atoms with E-state index in [1.807, 2.05) is 0 Å². The summed E-state index contributed by atoms with van der Waals surface area (Å²) in [7, 11) is 0. The first-order chi connectivity index (χ1) is 12.4. The van der Waals surface area contributed by atoms with Gasteiger partial charge in [0.25, 0.3) is 5.91 Å². The number of carbonyl (C=O) groups is 1. The van der Waals surface area contributed by atoms with E-state index in [2.05, 4.69) is 15.4 Å². The zero-order valence-electron chi connectivity index (χ0n) is 14.0. The Hall–Kier alpha value is -2.54. The van der Waals surface area contributed by atoms with Crippen molar-refractivity contribution in [3.05, 3.63) is 54.1 Å². The lowest BCUT2D eigenvalue weighted by Gasteiger charge is -2.25. The molecule has 0 aromatic heterocycles. The summed E-state index contributed by atoms with van der Waals surface area (Å²) in [6.45, 7) is 0.868. The summed E-state index contributed by atoms with van der Waals surface area (Å²) in [5.41, 5.74) is 1.77. The van der Waals surface area contributed by atoms with Crippen LogP contribution in [0.1, 0.15) is 29.6 Å². The molecule has 0 aliphatic carbocycles. The van der Waals surface area contributed by atoms with Crippen LogP contribution in [0, 0.1) is 0 Å². The molecule has 138 valence electrons. The van der Waals surface area contributed by atoms with Crippen LogP contribution < -0.4 is 15.4 Å². The van der Waals surface area contributed by atoms with E-state index in [0.29, 0.717) is 16.7 Å². The Kier molecular flexibility index (Phi) is 5.46. The summed E-state index contributed by atoms with van der Waals surface area (Å²) in [6.07, 6.45) is -1.77. The zero-order valence-corrected chi connectivity index (χ0v) is 14.0. The number of hydrogen-bond acceptors (Lipinski definition) is 3. The van der Waals surface area contributed by atoms with Gasteiger partial charge in [0.05, 0.1) is 6.17 Å². The molecule has 1 aliphatic rings. The summed E-state index contributed by atoms with van der Waals surface area (Å²) >= 11 is 0. The van der Waals surface area contributed by atoms with E-state index in [1.165, 1.54) is 24.3 Å². The minimum atomic E-state index is -4.73. The molecule has 1 aliphatic heterocycles. The first-order valence-corrected chi connectivity index (χ1v) is 8.42. The maximum absolute atomic E-state index is 12.6. The molecule has 1 saturated heterocycles. The highest BCUT2D eigenvalue weighted by Crippen LogP contribution is 2.28. The number of carbonyl (C=O) groups excluding carboxylic acids is 1. The Bertz CT molecular complexity index is 754. The fourth-order valence-electron chi connectivity index (χ4n) is 2.98. The van der Waals surface area contributed by atoms with Gasteiger partial charge in [-0.1, -0.05) is 30.3 Å². The lowest BCUT2D eigenvalue weighted by Crippen LogP contribution is -2.47. The molecule has 1 heterocycles. The molecule has 26 heavy (non-hydrogen) atoms. The van der Waals surface area contributed by atoms with Crippen molar-refractivity contribution in [2.75, 3.05) is 6.54 Å². The van der Waals surface area contributed by atoms with E-state index in [1.54, 1.807) is 24.3 Å². The van der Waals surface area contributed by atoms with Crippen LogP contribution in [-0.2, 0) is 0 Å². The molecule has 1 amide bonds. The van der Waals surface area contributed by atoms with Crippen LogP contribution in [0.5, 0.6) is 5.75 Å². The molecule has 0 bridgehead atoms.